The van der Waals surface area contributed by atoms with Crippen molar-refractivity contribution < 1.29 is 0 Å². The Balaban J connectivity index is 1.73. The van der Waals surface area contributed by atoms with Crippen molar-refractivity contribution in [2.75, 3.05) is 24.1 Å². The minimum atomic E-state index is 0.692. The van der Waals surface area contributed by atoms with Gasteiger partial charge in [0.15, 0.2) is 0 Å². The molecule has 0 saturated carbocycles. The first kappa shape index (κ1) is 19.1. The normalized spacial score (nSPS) is 12.0. The van der Waals surface area contributed by atoms with Crippen LogP contribution in [0.25, 0.3) is 0 Å². The highest BCUT2D eigenvalue weighted by Crippen LogP contribution is 2.10. The number of nitrogens with zero attached hydrogens (tertiary/aromatic N) is 8. The first-order chi connectivity index (χ1) is 13.5. The number of aromatic nitrogens is 4. The molecule has 0 aliphatic carbocycles. The molecule has 0 aromatic carbocycles. The Labute approximate surface area is 164 Å². The second kappa shape index (κ2) is 8.81. The van der Waals surface area contributed by atoms with Gasteiger partial charge in [-0.15, -0.1) is 0 Å². The molecule has 0 spiro atoms. The average Bonchev–Trinajstić information content (AvgIpc) is 2.75. The lowest BCUT2D eigenvalue weighted by molar-refractivity contribution is 0.967. The Bertz CT molecular complexity index is 872. The van der Waals surface area contributed by atoms with Gasteiger partial charge >= 0.3 is 0 Å². The van der Waals surface area contributed by atoms with Crippen molar-refractivity contribution in [3.05, 3.63) is 72.6 Å². The zero-order chi connectivity index (χ0) is 19.9. The quantitative estimate of drug-likeness (QED) is 0.487. The fraction of sp³-hybridized carbons (Fsp3) is 0.200. The van der Waals surface area contributed by atoms with Crippen molar-refractivity contribution in [1.82, 2.24) is 19.9 Å². The Morgan fingerprint density at radius 2 is 1.11 bits per heavy atom. The maximum absolute atomic E-state index is 4.52. The number of hydrazone groups is 2. The topological polar surface area (TPSA) is 82.8 Å². The number of hydrogen-bond acceptors (Lipinski definition) is 8. The SMILES string of the molecule is C/C(=N\N(C)c1ccccn1)c1cnc(/C(C)=N/N(C)c2ccccn2)cn1. The van der Waals surface area contributed by atoms with Gasteiger partial charge in [0.1, 0.15) is 23.0 Å². The number of anilines is 2. The van der Waals surface area contributed by atoms with E-state index in [1.54, 1.807) is 34.8 Å². The minimum Gasteiger partial charge on any atom is -0.251 e. The van der Waals surface area contributed by atoms with Gasteiger partial charge in [0, 0.05) is 26.5 Å². The molecule has 0 aliphatic heterocycles. The number of pyridine rings is 2. The lowest BCUT2D eigenvalue weighted by Crippen LogP contribution is -2.16. The van der Waals surface area contributed by atoms with Gasteiger partial charge in [0.05, 0.1) is 23.8 Å². The highest BCUT2D eigenvalue weighted by Gasteiger charge is 2.07. The first-order valence-corrected chi connectivity index (χ1v) is 8.77. The van der Waals surface area contributed by atoms with Crippen LogP contribution in [0.5, 0.6) is 0 Å². The first-order valence-electron chi connectivity index (χ1n) is 8.77. The van der Waals surface area contributed by atoms with E-state index >= 15 is 0 Å². The molecule has 0 radical (unpaired) electrons. The highest BCUT2D eigenvalue weighted by atomic mass is 15.5. The van der Waals surface area contributed by atoms with Gasteiger partial charge in [0.2, 0.25) is 0 Å². The van der Waals surface area contributed by atoms with E-state index < -0.39 is 0 Å². The van der Waals surface area contributed by atoms with Crippen molar-refractivity contribution in [2.24, 2.45) is 10.2 Å². The van der Waals surface area contributed by atoms with Crippen LogP contribution < -0.4 is 10.0 Å². The average molecular weight is 374 g/mol. The summed E-state index contributed by atoms with van der Waals surface area (Å²) in [5.41, 5.74) is 2.87. The Morgan fingerprint density at radius 3 is 1.43 bits per heavy atom. The lowest BCUT2D eigenvalue weighted by atomic mass is 10.3. The molecule has 0 fully saturated rings. The summed E-state index contributed by atoms with van der Waals surface area (Å²) < 4.78 is 0. The number of hydrogen-bond donors (Lipinski definition) is 0. The maximum atomic E-state index is 4.52. The van der Waals surface area contributed by atoms with E-state index in [1.165, 1.54) is 0 Å². The van der Waals surface area contributed by atoms with E-state index in [2.05, 4.69) is 30.1 Å². The third kappa shape index (κ3) is 4.73. The molecule has 0 aliphatic rings. The minimum absolute atomic E-state index is 0.692. The predicted molar refractivity (Wildman–Crippen MR) is 112 cm³/mol. The molecule has 0 bridgehead atoms. The van der Waals surface area contributed by atoms with E-state index in [1.807, 2.05) is 64.3 Å². The van der Waals surface area contributed by atoms with Crippen LogP contribution in [0.4, 0.5) is 11.6 Å². The molecule has 0 amide bonds. The standard InChI is InChI=1S/C20H22N8/c1-15(25-27(3)19-9-5-7-11-21-19)17-13-24-18(14-23-17)16(2)26-28(4)20-10-6-8-12-22-20/h5-14H,1-4H3/b25-15+,26-16+. The second-order valence-corrected chi connectivity index (χ2v) is 6.08. The highest BCUT2D eigenvalue weighted by molar-refractivity contribution is 5.99. The van der Waals surface area contributed by atoms with Crippen LogP contribution in [0.15, 0.2) is 71.4 Å². The van der Waals surface area contributed by atoms with Gasteiger partial charge in [-0.1, -0.05) is 12.1 Å². The molecule has 3 aromatic heterocycles. The van der Waals surface area contributed by atoms with Gasteiger partial charge in [-0.3, -0.25) is 20.0 Å². The van der Waals surface area contributed by atoms with Gasteiger partial charge in [-0.05, 0) is 38.1 Å². The summed E-state index contributed by atoms with van der Waals surface area (Å²) in [6, 6.07) is 11.4. The summed E-state index contributed by atoms with van der Waals surface area (Å²) in [6.45, 7) is 3.78. The summed E-state index contributed by atoms with van der Waals surface area (Å²) in [6.07, 6.45) is 6.85. The Hall–Kier alpha value is -3.68. The van der Waals surface area contributed by atoms with E-state index in [9.17, 15) is 0 Å². The van der Waals surface area contributed by atoms with Gasteiger partial charge < -0.3 is 0 Å². The molecule has 0 atom stereocenters. The summed E-state index contributed by atoms with van der Waals surface area (Å²) in [4.78, 5) is 17.5. The summed E-state index contributed by atoms with van der Waals surface area (Å²) in [5, 5.41) is 12.5. The monoisotopic (exact) mass is 374 g/mol. The van der Waals surface area contributed by atoms with Crippen molar-refractivity contribution in [2.45, 2.75) is 13.8 Å². The predicted octanol–water partition coefficient (Wildman–Crippen LogP) is 2.99. The third-order valence-corrected chi connectivity index (χ3v) is 3.95. The zero-order valence-electron chi connectivity index (χ0n) is 16.4. The summed E-state index contributed by atoms with van der Waals surface area (Å²) in [5.74, 6) is 1.51. The molecule has 142 valence electrons. The molecule has 8 heteroatoms. The van der Waals surface area contributed by atoms with Gasteiger partial charge in [-0.25, -0.2) is 9.97 Å². The summed E-state index contributed by atoms with van der Waals surface area (Å²) >= 11 is 0. The van der Waals surface area contributed by atoms with Crippen molar-refractivity contribution in [3.63, 3.8) is 0 Å². The van der Waals surface area contributed by atoms with Crippen LogP contribution in [-0.4, -0.2) is 45.5 Å². The van der Waals surface area contributed by atoms with E-state index in [-0.39, 0.29) is 0 Å². The van der Waals surface area contributed by atoms with Crippen molar-refractivity contribution in [3.8, 4) is 0 Å². The molecule has 28 heavy (non-hydrogen) atoms. The molecule has 8 nitrogen and oxygen atoms in total. The lowest BCUT2D eigenvalue weighted by Gasteiger charge is -2.13. The van der Waals surface area contributed by atoms with Crippen LogP contribution in [0.3, 0.4) is 0 Å². The molecular formula is C20H22N8. The molecule has 3 heterocycles. The Kier molecular flexibility index (Phi) is 6.01. The van der Waals surface area contributed by atoms with Crippen LogP contribution in [0, 0.1) is 0 Å². The molecule has 0 saturated heterocycles. The van der Waals surface area contributed by atoms with Crippen LogP contribution in [0.1, 0.15) is 25.2 Å². The van der Waals surface area contributed by atoms with Gasteiger partial charge in [-0.2, -0.15) is 10.2 Å². The molecule has 0 N–H and O–H groups in total. The van der Waals surface area contributed by atoms with E-state index in [4.69, 9.17) is 0 Å². The van der Waals surface area contributed by atoms with Crippen LogP contribution in [-0.2, 0) is 0 Å². The molecule has 3 rings (SSSR count). The molecule has 3 aromatic rings. The summed E-state index contributed by atoms with van der Waals surface area (Å²) in [7, 11) is 3.69. The van der Waals surface area contributed by atoms with Crippen LogP contribution in [0.2, 0.25) is 0 Å². The molecular weight excluding hydrogens is 352 g/mol. The van der Waals surface area contributed by atoms with Gasteiger partial charge in [0.25, 0.3) is 0 Å². The second-order valence-electron chi connectivity index (χ2n) is 6.08. The fourth-order valence-corrected chi connectivity index (χ4v) is 2.45. The van der Waals surface area contributed by atoms with Crippen LogP contribution >= 0.6 is 0 Å². The fourth-order valence-electron chi connectivity index (χ4n) is 2.45. The Morgan fingerprint density at radius 1 is 0.679 bits per heavy atom. The van der Waals surface area contributed by atoms with Crippen molar-refractivity contribution >= 4 is 23.1 Å². The third-order valence-electron chi connectivity index (χ3n) is 3.95. The smallest absolute Gasteiger partial charge is 0.148 e. The van der Waals surface area contributed by atoms with Crippen molar-refractivity contribution in [1.29, 1.82) is 0 Å². The van der Waals surface area contributed by atoms with E-state index in [0.29, 0.717) is 11.4 Å². The number of rotatable bonds is 6. The maximum Gasteiger partial charge on any atom is 0.148 e. The zero-order valence-corrected chi connectivity index (χ0v) is 16.4. The molecule has 0 unspecified atom stereocenters. The largest absolute Gasteiger partial charge is 0.251 e. The van der Waals surface area contributed by atoms with E-state index in [0.717, 1.165) is 23.1 Å².